The van der Waals surface area contributed by atoms with Crippen molar-refractivity contribution in [2.24, 2.45) is 5.92 Å². The van der Waals surface area contributed by atoms with E-state index in [-0.39, 0.29) is 5.56 Å². The van der Waals surface area contributed by atoms with Crippen LogP contribution in [0.4, 0.5) is 8.78 Å². The molecule has 1 aromatic carbocycles. The van der Waals surface area contributed by atoms with E-state index in [9.17, 15) is 18.4 Å². The summed E-state index contributed by atoms with van der Waals surface area (Å²) in [4.78, 5) is 35.5. The largest absolute Gasteiger partial charge is 0.490 e. The average molecular weight is 544 g/mol. The third-order valence-electron chi connectivity index (χ3n) is 7.93. The molecule has 8 nitrogen and oxygen atoms in total. The number of hydrogen-bond acceptors (Lipinski definition) is 7. The van der Waals surface area contributed by atoms with E-state index < -0.39 is 29.3 Å². The van der Waals surface area contributed by atoms with Gasteiger partial charge in [0, 0.05) is 12.1 Å². The molecule has 1 atom stereocenters. The first-order valence-corrected chi connectivity index (χ1v) is 14.0. The standard InChI is InChI=1S/C29H39F2N5O3/c1-3-29(31,4-2)19-36-13-10-20(11-14-36)18-39-22-16-33-26(34-17-22)21-8-9-23(24(30)15-21)27(37)35-28(38)25-7-5-6-12-32-25/h8-9,15-17,20,25,32H,3-7,10-14,18-19H2,1-2H3,(H,35,37,38)/t25-/m1/s1. The number of rotatable bonds is 10. The van der Waals surface area contributed by atoms with E-state index in [2.05, 4.69) is 25.5 Å². The van der Waals surface area contributed by atoms with Crippen LogP contribution in [0.5, 0.6) is 5.75 Å². The van der Waals surface area contributed by atoms with Crippen molar-refractivity contribution in [3.05, 3.63) is 42.0 Å². The minimum absolute atomic E-state index is 0.212. The van der Waals surface area contributed by atoms with Crippen LogP contribution < -0.4 is 15.4 Å². The minimum atomic E-state index is -1.11. The van der Waals surface area contributed by atoms with Gasteiger partial charge in [0.05, 0.1) is 30.6 Å². The highest BCUT2D eigenvalue weighted by molar-refractivity contribution is 6.06. The quantitative estimate of drug-likeness (QED) is 0.432. The maximum absolute atomic E-state index is 14.8. The normalized spacial score (nSPS) is 19.0. The molecule has 2 aromatic rings. The third kappa shape index (κ3) is 7.79. The first-order chi connectivity index (χ1) is 18.8. The van der Waals surface area contributed by atoms with Gasteiger partial charge in [-0.2, -0.15) is 0 Å². The van der Waals surface area contributed by atoms with Crippen molar-refractivity contribution in [1.82, 2.24) is 25.5 Å². The van der Waals surface area contributed by atoms with Gasteiger partial charge in [-0.25, -0.2) is 18.7 Å². The maximum Gasteiger partial charge on any atom is 0.260 e. The number of alkyl halides is 1. The summed E-state index contributed by atoms with van der Waals surface area (Å²) in [6.07, 6.45) is 8.61. The van der Waals surface area contributed by atoms with Crippen molar-refractivity contribution < 1.29 is 23.1 Å². The molecular formula is C29H39F2N5O3. The fourth-order valence-corrected chi connectivity index (χ4v) is 5.12. The van der Waals surface area contributed by atoms with Crippen LogP contribution in [0.1, 0.15) is 69.2 Å². The number of nitrogens with one attached hydrogen (secondary N) is 2. The zero-order valence-electron chi connectivity index (χ0n) is 22.8. The van der Waals surface area contributed by atoms with Crippen molar-refractivity contribution in [3.63, 3.8) is 0 Å². The Morgan fingerprint density at radius 3 is 2.46 bits per heavy atom. The highest BCUT2D eigenvalue weighted by atomic mass is 19.1. The first-order valence-electron chi connectivity index (χ1n) is 14.0. The van der Waals surface area contributed by atoms with Crippen LogP contribution in [-0.2, 0) is 4.79 Å². The number of likely N-dealkylation sites (tertiary alicyclic amines) is 1. The molecule has 2 aliphatic heterocycles. The van der Waals surface area contributed by atoms with Crippen molar-refractivity contribution in [1.29, 1.82) is 0 Å². The van der Waals surface area contributed by atoms with Gasteiger partial charge >= 0.3 is 0 Å². The molecule has 39 heavy (non-hydrogen) atoms. The first kappa shape index (κ1) is 29.0. The summed E-state index contributed by atoms with van der Waals surface area (Å²) in [6.45, 7) is 7.28. The monoisotopic (exact) mass is 543 g/mol. The molecule has 2 fully saturated rings. The van der Waals surface area contributed by atoms with E-state index in [1.54, 1.807) is 18.5 Å². The van der Waals surface area contributed by atoms with Gasteiger partial charge in [0.2, 0.25) is 5.91 Å². The summed E-state index contributed by atoms with van der Waals surface area (Å²) < 4.78 is 35.4. The second-order valence-corrected chi connectivity index (χ2v) is 10.6. The number of carbonyl (C=O) groups excluding carboxylic acids is 2. The number of imide groups is 1. The smallest absolute Gasteiger partial charge is 0.260 e. The Morgan fingerprint density at radius 2 is 1.85 bits per heavy atom. The zero-order chi connectivity index (χ0) is 27.8. The number of halogens is 2. The molecule has 4 rings (SSSR count). The molecule has 10 heteroatoms. The lowest BCUT2D eigenvalue weighted by molar-refractivity contribution is -0.122. The SMILES string of the molecule is CCC(F)(CC)CN1CCC(COc2cnc(-c3ccc(C(=O)NC(=O)[C@H]4CCCCN4)c(F)c3)nc2)CC1. The maximum atomic E-state index is 14.8. The topological polar surface area (TPSA) is 96.5 Å². The highest BCUT2D eigenvalue weighted by Crippen LogP contribution is 2.26. The second-order valence-electron chi connectivity index (χ2n) is 10.6. The van der Waals surface area contributed by atoms with Gasteiger partial charge in [-0.15, -0.1) is 0 Å². The summed E-state index contributed by atoms with van der Waals surface area (Å²) in [7, 11) is 0. The predicted molar refractivity (Wildman–Crippen MR) is 145 cm³/mol. The van der Waals surface area contributed by atoms with Crippen molar-refractivity contribution >= 4 is 11.8 Å². The fraction of sp³-hybridized carbons (Fsp3) is 0.586. The Morgan fingerprint density at radius 1 is 1.13 bits per heavy atom. The van der Waals surface area contributed by atoms with Gasteiger partial charge in [-0.1, -0.05) is 26.3 Å². The fourth-order valence-electron chi connectivity index (χ4n) is 5.12. The van der Waals surface area contributed by atoms with Crippen molar-refractivity contribution in [2.45, 2.75) is 70.5 Å². The molecule has 0 saturated carbocycles. The van der Waals surface area contributed by atoms with E-state index in [0.717, 1.165) is 45.3 Å². The van der Waals surface area contributed by atoms with Crippen LogP contribution in [0, 0.1) is 11.7 Å². The Balaban J connectivity index is 1.26. The molecule has 2 saturated heterocycles. The lowest BCUT2D eigenvalue weighted by atomic mass is 9.94. The van der Waals surface area contributed by atoms with Crippen molar-refractivity contribution in [2.75, 3.05) is 32.8 Å². The number of aromatic nitrogens is 2. The molecular weight excluding hydrogens is 504 g/mol. The number of carbonyl (C=O) groups is 2. The Bertz CT molecular complexity index is 1110. The Labute approximate surface area is 228 Å². The molecule has 0 aliphatic carbocycles. The molecule has 2 aliphatic rings. The van der Waals surface area contributed by atoms with Crippen LogP contribution in [0.15, 0.2) is 30.6 Å². The van der Waals surface area contributed by atoms with Crippen LogP contribution in [0.3, 0.4) is 0 Å². The van der Waals surface area contributed by atoms with Gasteiger partial charge in [0.15, 0.2) is 11.6 Å². The number of benzene rings is 1. The summed E-state index contributed by atoms with van der Waals surface area (Å²) in [5.74, 6) is -0.772. The number of ether oxygens (including phenoxy) is 1. The van der Waals surface area contributed by atoms with Gasteiger partial charge in [-0.05, 0) is 76.2 Å². The molecule has 2 N–H and O–H groups in total. The number of hydrogen-bond donors (Lipinski definition) is 2. The molecule has 0 spiro atoms. The average Bonchev–Trinajstić information content (AvgIpc) is 2.97. The van der Waals surface area contributed by atoms with E-state index in [4.69, 9.17) is 4.74 Å². The van der Waals surface area contributed by atoms with E-state index >= 15 is 0 Å². The minimum Gasteiger partial charge on any atom is -0.490 e. The lowest BCUT2D eigenvalue weighted by Gasteiger charge is -2.36. The number of amides is 2. The molecule has 0 radical (unpaired) electrons. The highest BCUT2D eigenvalue weighted by Gasteiger charge is 2.30. The van der Waals surface area contributed by atoms with Crippen LogP contribution in [-0.4, -0.2) is 71.2 Å². The van der Waals surface area contributed by atoms with E-state index in [1.165, 1.54) is 12.1 Å². The van der Waals surface area contributed by atoms with Gasteiger partial charge in [0.1, 0.15) is 11.5 Å². The number of piperidine rings is 2. The van der Waals surface area contributed by atoms with Gasteiger partial charge in [0.25, 0.3) is 5.91 Å². The molecule has 0 bridgehead atoms. The van der Waals surface area contributed by atoms with Gasteiger partial charge < -0.3 is 15.0 Å². The predicted octanol–water partition coefficient (Wildman–Crippen LogP) is 4.30. The summed E-state index contributed by atoms with van der Waals surface area (Å²) >= 11 is 0. The summed E-state index contributed by atoms with van der Waals surface area (Å²) in [5.41, 5.74) is -0.912. The van der Waals surface area contributed by atoms with E-state index in [1.807, 2.05) is 13.8 Å². The molecule has 0 unspecified atom stereocenters. The van der Waals surface area contributed by atoms with Gasteiger partial charge in [-0.3, -0.25) is 14.9 Å². The van der Waals surface area contributed by atoms with Crippen molar-refractivity contribution in [3.8, 4) is 17.1 Å². The molecule has 3 heterocycles. The third-order valence-corrected chi connectivity index (χ3v) is 7.93. The second kappa shape index (κ2) is 13.4. The van der Waals surface area contributed by atoms with Crippen LogP contribution >= 0.6 is 0 Å². The van der Waals surface area contributed by atoms with Crippen LogP contribution in [0.2, 0.25) is 0 Å². The zero-order valence-corrected chi connectivity index (χ0v) is 22.8. The van der Waals surface area contributed by atoms with Crippen LogP contribution in [0.25, 0.3) is 11.4 Å². The summed E-state index contributed by atoms with van der Waals surface area (Å²) in [5, 5.41) is 5.35. The molecule has 212 valence electrons. The lowest BCUT2D eigenvalue weighted by Crippen LogP contribution is -2.48. The number of nitrogens with zero attached hydrogens (tertiary/aromatic N) is 3. The molecule has 2 amide bonds. The molecule has 1 aromatic heterocycles. The Hall–Kier alpha value is -2.98. The Kier molecular flexibility index (Phi) is 9.96. The van der Waals surface area contributed by atoms with E-state index in [0.29, 0.717) is 55.5 Å². The summed E-state index contributed by atoms with van der Waals surface area (Å²) in [6, 6.07) is 3.63.